The molecule has 108 valence electrons. The second-order valence-electron chi connectivity index (χ2n) is 5.04. The summed E-state index contributed by atoms with van der Waals surface area (Å²) in [6.45, 7) is 5.22. The number of hydrogen-bond acceptors (Lipinski definition) is 3. The summed E-state index contributed by atoms with van der Waals surface area (Å²) < 4.78 is 0. The number of phenolic OH excluding ortho intramolecular Hbond substituents is 1. The van der Waals surface area contributed by atoms with Gasteiger partial charge in [-0.2, -0.15) is 0 Å². The third kappa shape index (κ3) is 3.54. The van der Waals surface area contributed by atoms with Gasteiger partial charge in [0, 0.05) is 28.6 Å². The molecule has 0 saturated heterocycles. The lowest BCUT2D eigenvalue weighted by molar-refractivity contribution is 0.469. The van der Waals surface area contributed by atoms with Crippen LogP contribution in [0.3, 0.4) is 0 Å². The van der Waals surface area contributed by atoms with E-state index in [9.17, 15) is 5.11 Å². The smallest absolute Gasteiger partial charge is 0.120 e. The van der Waals surface area contributed by atoms with Crippen molar-refractivity contribution >= 4 is 17.0 Å². The van der Waals surface area contributed by atoms with Gasteiger partial charge in [-0.05, 0) is 36.4 Å². The minimum atomic E-state index is 0.390. The van der Waals surface area contributed by atoms with E-state index in [0.29, 0.717) is 11.7 Å². The fourth-order valence-electron chi connectivity index (χ4n) is 2.56. The van der Waals surface area contributed by atoms with Crippen molar-refractivity contribution in [3.63, 3.8) is 0 Å². The van der Waals surface area contributed by atoms with Crippen LogP contribution >= 0.6 is 11.3 Å². The van der Waals surface area contributed by atoms with Gasteiger partial charge in [0.15, 0.2) is 0 Å². The van der Waals surface area contributed by atoms with Crippen molar-refractivity contribution in [2.45, 2.75) is 39.0 Å². The zero-order valence-corrected chi connectivity index (χ0v) is 13.0. The van der Waals surface area contributed by atoms with Crippen molar-refractivity contribution < 1.29 is 5.11 Å². The maximum absolute atomic E-state index is 9.91. The second-order valence-corrected chi connectivity index (χ2v) is 6.02. The molecule has 0 aliphatic rings. The first-order chi connectivity index (χ1) is 9.76. The van der Waals surface area contributed by atoms with Crippen molar-refractivity contribution in [1.82, 2.24) is 0 Å². The minimum absolute atomic E-state index is 0.390. The highest BCUT2D eigenvalue weighted by Gasteiger charge is 2.13. The Morgan fingerprint density at radius 2 is 2.05 bits per heavy atom. The highest BCUT2D eigenvalue weighted by atomic mass is 32.1. The SMILES string of the molecule is CCCC(CNc1cccc(O)c1CC)c1cccs1. The van der Waals surface area contributed by atoms with Gasteiger partial charge in [-0.1, -0.05) is 32.4 Å². The average Bonchev–Trinajstić information content (AvgIpc) is 2.97. The van der Waals surface area contributed by atoms with Crippen LogP contribution in [0.25, 0.3) is 0 Å². The van der Waals surface area contributed by atoms with Gasteiger partial charge in [0.2, 0.25) is 0 Å². The molecule has 0 spiro atoms. The number of anilines is 1. The van der Waals surface area contributed by atoms with Crippen LogP contribution in [-0.4, -0.2) is 11.7 Å². The van der Waals surface area contributed by atoms with Gasteiger partial charge < -0.3 is 10.4 Å². The van der Waals surface area contributed by atoms with Gasteiger partial charge >= 0.3 is 0 Å². The van der Waals surface area contributed by atoms with Gasteiger partial charge in [-0.25, -0.2) is 0 Å². The number of phenols is 1. The predicted molar refractivity (Wildman–Crippen MR) is 87.9 cm³/mol. The Hall–Kier alpha value is -1.48. The van der Waals surface area contributed by atoms with Crippen LogP contribution in [0.1, 0.15) is 43.0 Å². The largest absolute Gasteiger partial charge is 0.508 e. The standard InChI is InChI=1S/C17H23NOS/c1-3-7-13(17-10-6-11-20-17)12-18-15-8-5-9-16(19)14(15)4-2/h5-6,8-11,13,18-19H,3-4,7,12H2,1-2H3. The molecule has 1 unspecified atom stereocenters. The van der Waals surface area contributed by atoms with Crippen molar-refractivity contribution in [3.05, 3.63) is 46.2 Å². The molecule has 0 aliphatic heterocycles. The third-order valence-corrected chi connectivity index (χ3v) is 4.66. The van der Waals surface area contributed by atoms with E-state index in [1.54, 1.807) is 6.07 Å². The maximum Gasteiger partial charge on any atom is 0.120 e. The Labute approximate surface area is 125 Å². The molecule has 0 bridgehead atoms. The Morgan fingerprint density at radius 1 is 1.20 bits per heavy atom. The lowest BCUT2D eigenvalue weighted by atomic mass is 10.0. The number of thiophene rings is 1. The Balaban J connectivity index is 2.08. The lowest BCUT2D eigenvalue weighted by Crippen LogP contribution is -2.12. The molecule has 1 aromatic heterocycles. The normalized spacial score (nSPS) is 12.3. The van der Waals surface area contributed by atoms with E-state index in [-0.39, 0.29) is 0 Å². The highest BCUT2D eigenvalue weighted by Crippen LogP contribution is 2.29. The summed E-state index contributed by atoms with van der Waals surface area (Å²) in [5.41, 5.74) is 2.07. The van der Waals surface area contributed by atoms with Gasteiger partial charge in [-0.3, -0.25) is 0 Å². The lowest BCUT2D eigenvalue weighted by Gasteiger charge is -2.18. The van der Waals surface area contributed by atoms with E-state index in [4.69, 9.17) is 0 Å². The monoisotopic (exact) mass is 289 g/mol. The van der Waals surface area contributed by atoms with Gasteiger partial charge in [0.25, 0.3) is 0 Å². The zero-order valence-electron chi connectivity index (χ0n) is 12.2. The molecule has 2 nitrogen and oxygen atoms in total. The van der Waals surface area contributed by atoms with E-state index < -0.39 is 0 Å². The first-order valence-corrected chi connectivity index (χ1v) is 8.22. The molecule has 2 N–H and O–H groups in total. The second kappa shape index (κ2) is 7.34. The van der Waals surface area contributed by atoms with Crippen LogP contribution in [0.5, 0.6) is 5.75 Å². The third-order valence-electron chi connectivity index (χ3n) is 3.63. The predicted octanol–water partition coefficient (Wildman–Crippen LogP) is 5.01. The van der Waals surface area contributed by atoms with Crippen LogP contribution in [0.15, 0.2) is 35.7 Å². The van der Waals surface area contributed by atoms with E-state index in [2.05, 4.69) is 42.7 Å². The Morgan fingerprint density at radius 3 is 2.70 bits per heavy atom. The molecule has 0 aliphatic carbocycles. The average molecular weight is 289 g/mol. The van der Waals surface area contributed by atoms with Gasteiger partial charge in [0.05, 0.1) is 0 Å². The number of hydrogen-bond donors (Lipinski definition) is 2. The van der Waals surface area contributed by atoms with E-state index in [0.717, 1.165) is 24.2 Å². The fourth-order valence-corrected chi connectivity index (χ4v) is 3.43. The van der Waals surface area contributed by atoms with Crippen molar-refractivity contribution in [2.75, 3.05) is 11.9 Å². The van der Waals surface area contributed by atoms with Crippen molar-refractivity contribution in [2.24, 2.45) is 0 Å². The fraction of sp³-hybridized carbons (Fsp3) is 0.412. The first-order valence-electron chi connectivity index (χ1n) is 7.34. The van der Waals surface area contributed by atoms with Crippen molar-refractivity contribution in [3.8, 4) is 5.75 Å². The summed E-state index contributed by atoms with van der Waals surface area (Å²) in [6.07, 6.45) is 3.21. The quantitative estimate of drug-likeness (QED) is 0.750. The molecular formula is C17H23NOS. The highest BCUT2D eigenvalue weighted by molar-refractivity contribution is 7.10. The molecule has 1 heterocycles. The summed E-state index contributed by atoms with van der Waals surface area (Å²) in [7, 11) is 0. The molecule has 1 atom stereocenters. The van der Waals surface area contributed by atoms with Gasteiger partial charge in [-0.15, -0.1) is 11.3 Å². The van der Waals surface area contributed by atoms with E-state index >= 15 is 0 Å². The molecule has 1 aromatic carbocycles. The molecule has 0 amide bonds. The van der Waals surface area contributed by atoms with Crippen LogP contribution in [0.4, 0.5) is 5.69 Å². The van der Waals surface area contributed by atoms with Crippen LogP contribution in [0.2, 0.25) is 0 Å². The van der Waals surface area contributed by atoms with Gasteiger partial charge in [0.1, 0.15) is 5.75 Å². The summed E-state index contributed by atoms with van der Waals surface area (Å²) in [5, 5.41) is 15.6. The topological polar surface area (TPSA) is 32.3 Å². The molecule has 0 saturated carbocycles. The minimum Gasteiger partial charge on any atom is -0.508 e. The Bertz CT molecular complexity index is 522. The zero-order chi connectivity index (χ0) is 14.4. The summed E-state index contributed by atoms with van der Waals surface area (Å²) in [5.74, 6) is 0.938. The van der Waals surface area contributed by atoms with Crippen LogP contribution in [-0.2, 0) is 6.42 Å². The molecule has 3 heteroatoms. The first kappa shape index (κ1) is 14.9. The summed E-state index contributed by atoms with van der Waals surface area (Å²) in [4.78, 5) is 1.44. The number of aromatic hydroxyl groups is 1. The number of nitrogens with one attached hydrogen (secondary N) is 1. The molecule has 2 rings (SSSR count). The molecule has 20 heavy (non-hydrogen) atoms. The summed E-state index contributed by atoms with van der Waals surface area (Å²) in [6, 6.07) is 10.0. The van der Waals surface area contributed by atoms with Crippen LogP contribution in [0, 0.1) is 0 Å². The van der Waals surface area contributed by atoms with E-state index in [1.807, 2.05) is 17.4 Å². The Kier molecular flexibility index (Phi) is 5.48. The van der Waals surface area contributed by atoms with Crippen molar-refractivity contribution in [1.29, 1.82) is 0 Å². The van der Waals surface area contributed by atoms with E-state index in [1.165, 1.54) is 17.7 Å². The molecular weight excluding hydrogens is 266 g/mol. The molecule has 0 radical (unpaired) electrons. The van der Waals surface area contributed by atoms with Crippen LogP contribution < -0.4 is 5.32 Å². The number of benzene rings is 1. The summed E-state index contributed by atoms with van der Waals surface area (Å²) >= 11 is 1.83. The molecule has 2 aromatic rings. The number of rotatable bonds is 7. The molecule has 0 fully saturated rings. The maximum atomic E-state index is 9.91.